The van der Waals surface area contributed by atoms with Crippen LogP contribution in [-0.2, 0) is 4.74 Å². The molecular weight excluding hydrogens is 328 g/mol. The van der Waals surface area contributed by atoms with E-state index < -0.39 is 11.9 Å². The van der Waals surface area contributed by atoms with Crippen molar-refractivity contribution >= 4 is 11.9 Å². The first-order valence-electron chi connectivity index (χ1n) is 8.32. The molecule has 0 aromatic heterocycles. The van der Waals surface area contributed by atoms with E-state index in [9.17, 15) is 14.7 Å². The molecule has 0 aliphatic heterocycles. The third-order valence-corrected chi connectivity index (χ3v) is 4.71. The predicted octanol–water partition coefficient (Wildman–Crippen LogP) is 3.02. The highest BCUT2D eigenvalue weighted by Crippen LogP contribution is 2.44. The van der Waals surface area contributed by atoms with Crippen LogP contribution >= 0.6 is 0 Å². The summed E-state index contributed by atoms with van der Waals surface area (Å²) < 4.78 is 5.49. The molecule has 0 atom stereocenters. The number of hydrogen-bond acceptors (Lipinski definition) is 4. The fourth-order valence-electron chi connectivity index (χ4n) is 3.52. The van der Waals surface area contributed by atoms with Crippen molar-refractivity contribution in [2.24, 2.45) is 0 Å². The summed E-state index contributed by atoms with van der Waals surface area (Å²) in [6, 6.07) is 22.0. The standard InChI is InChI=1S/C22H16O4/c23-21(24)18-11-5-6-12-19(18)22(25)26-13-20-16-9-3-1-7-14(16)15-8-2-4-10-17(15)20/h1-12,20H,13H2,(H,23,24)/p-1. The zero-order valence-electron chi connectivity index (χ0n) is 13.8. The molecule has 0 saturated carbocycles. The van der Waals surface area contributed by atoms with Crippen molar-refractivity contribution in [3.63, 3.8) is 0 Å². The Hall–Kier alpha value is -3.40. The van der Waals surface area contributed by atoms with Gasteiger partial charge >= 0.3 is 5.97 Å². The van der Waals surface area contributed by atoms with Crippen molar-refractivity contribution < 1.29 is 19.4 Å². The number of esters is 1. The number of fused-ring (bicyclic) bond motifs is 3. The minimum Gasteiger partial charge on any atom is -0.545 e. The maximum Gasteiger partial charge on any atom is 0.338 e. The first kappa shape index (κ1) is 16.1. The number of carbonyl (C=O) groups is 2. The van der Waals surface area contributed by atoms with Gasteiger partial charge < -0.3 is 14.6 Å². The number of aromatic carboxylic acids is 1. The zero-order chi connectivity index (χ0) is 18.1. The molecule has 0 fully saturated rings. The molecule has 0 saturated heterocycles. The van der Waals surface area contributed by atoms with Gasteiger partial charge in [0.1, 0.15) is 6.61 Å². The number of hydrogen-bond donors (Lipinski definition) is 0. The molecule has 4 rings (SSSR count). The highest BCUT2D eigenvalue weighted by molar-refractivity contribution is 6.01. The Bertz CT molecular complexity index is 961. The highest BCUT2D eigenvalue weighted by atomic mass is 16.5. The summed E-state index contributed by atoms with van der Waals surface area (Å²) in [6.45, 7) is 0.147. The Morgan fingerprint density at radius 3 is 1.85 bits per heavy atom. The van der Waals surface area contributed by atoms with Crippen LogP contribution in [0.5, 0.6) is 0 Å². The Morgan fingerprint density at radius 1 is 0.769 bits per heavy atom. The first-order valence-corrected chi connectivity index (χ1v) is 8.32. The Kier molecular flexibility index (Phi) is 4.01. The lowest BCUT2D eigenvalue weighted by atomic mass is 9.98. The molecule has 128 valence electrons. The van der Waals surface area contributed by atoms with Crippen LogP contribution in [-0.4, -0.2) is 18.5 Å². The van der Waals surface area contributed by atoms with E-state index in [0.29, 0.717) is 0 Å². The van der Waals surface area contributed by atoms with Gasteiger partial charge in [0.05, 0.1) is 11.5 Å². The molecule has 0 heterocycles. The summed E-state index contributed by atoms with van der Waals surface area (Å²) in [6.07, 6.45) is 0. The van der Waals surface area contributed by atoms with Gasteiger partial charge in [-0.15, -0.1) is 0 Å². The van der Waals surface area contributed by atoms with Gasteiger partial charge in [0, 0.05) is 11.5 Å². The molecule has 0 unspecified atom stereocenters. The lowest BCUT2D eigenvalue weighted by molar-refractivity contribution is -0.255. The fourth-order valence-corrected chi connectivity index (χ4v) is 3.52. The third-order valence-electron chi connectivity index (χ3n) is 4.71. The number of ether oxygens (including phenoxy) is 1. The quantitative estimate of drug-likeness (QED) is 0.683. The zero-order valence-corrected chi connectivity index (χ0v) is 13.8. The van der Waals surface area contributed by atoms with E-state index in [1.54, 1.807) is 12.1 Å². The van der Waals surface area contributed by atoms with Crippen LogP contribution in [0, 0.1) is 0 Å². The van der Waals surface area contributed by atoms with Crippen LogP contribution in [0.3, 0.4) is 0 Å². The molecule has 0 spiro atoms. The Morgan fingerprint density at radius 2 is 1.27 bits per heavy atom. The van der Waals surface area contributed by atoms with Gasteiger partial charge in [0.2, 0.25) is 0 Å². The summed E-state index contributed by atoms with van der Waals surface area (Å²) in [5, 5.41) is 11.2. The Balaban J connectivity index is 1.61. The van der Waals surface area contributed by atoms with Gasteiger partial charge in [0.25, 0.3) is 0 Å². The molecule has 0 N–H and O–H groups in total. The molecule has 1 aliphatic carbocycles. The molecule has 4 nitrogen and oxygen atoms in total. The van der Waals surface area contributed by atoms with E-state index in [0.717, 1.165) is 22.3 Å². The van der Waals surface area contributed by atoms with Crippen LogP contribution < -0.4 is 5.11 Å². The number of carbonyl (C=O) groups excluding carboxylic acids is 2. The molecule has 0 amide bonds. The maximum atomic E-state index is 12.4. The molecular formula is C22H15O4-. The molecule has 0 radical (unpaired) electrons. The second-order valence-corrected chi connectivity index (χ2v) is 6.16. The molecule has 0 bridgehead atoms. The summed E-state index contributed by atoms with van der Waals surface area (Å²) in [7, 11) is 0. The van der Waals surface area contributed by atoms with Crippen molar-refractivity contribution in [1.82, 2.24) is 0 Å². The number of carboxylic acids is 1. The average Bonchev–Trinajstić information content (AvgIpc) is 3.00. The van der Waals surface area contributed by atoms with Gasteiger partial charge in [-0.2, -0.15) is 0 Å². The molecule has 1 aliphatic rings. The largest absolute Gasteiger partial charge is 0.545 e. The fraction of sp³-hybridized carbons (Fsp3) is 0.0909. The van der Waals surface area contributed by atoms with Gasteiger partial charge in [-0.25, -0.2) is 4.79 Å². The second kappa shape index (κ2) is 6.48. The molecule has 26 heavy (non-hydrogen) atoms. The SMILES string of the molecule is O=C([O-])c1ccccc1C(=O)OCC1c2ccccc2-c2ccccc21. The first-order chi connectivity index (χ1) is 12.7. The third kappa shape index (κ3) is 2.65. The van der Waals surface area contributed by atoms with E-state index in [1.165, 1.54) is 12.1 Å². The normalized spacial score (nSPS) is 12.3. The van der Waals surface area contributed by atoms with E-state index in [1.807, 2.05) is 36.4 Å². The summed E-state index contributed by atoms with van der Waals surface area (Å²) in [5.74, 6) is -2.12. The predicted molar refractivity (Wildman–Crippen MR) is 94.8 cm³/mol. The van der Waals surface area contributed by atoms with Gasteiger partial charge in [-0.3, -0.25) is 0 Å². The Labute approximate surface area is 150 Å². The van der Waals surface area contributed by atoms with Crippen molar-refractivity contribution in [2.75, 3.05) is 6.61 Å². The topological polar surface area (TPSA) is 66.4 Å². The van der Waals surface area contributed by atoms with Crippen LogP contribution in [0.15, 0.2) is 72.8 Å². The van der Waals surface area contributed by atoms with Crippen molar-refractivity contribution in [1.29, 1.82) is 0 Å². The average molecular weight is 343 g/mol. The van der Waals surface area contributed by atoms with Crippen LogP contribution in [0.2, 0.25) is 0 Å². The minimum atomic E-state index is -1.39. The van der Waals surface area contributed by atoms with E-state index >= 15 is 0 Å². The van der Waals surface area contributed by atoms with Gasteiger partial charge in [-0.05, 0) is 28.3 Å². The van der Waals surface area contributed by atoms with Gasteiger partial charge in [-0.1, -0.05) is 66.7 Å². The lowest BCUT2D eigenvalue weighted by Crippen LogP contribution is -2.25. The molecule has 3 aromatic rings. The highest BCUT2D eigenvalue weighted by Gasteiger charge is 2.29. The van der Waals surface area contributed by atoms with Crippen molar-refractivity contribution in [2.45, 2.75) is 5.92 Å². The monoisotopic (exact) mass is 343 g/mol. The van der Waals surface area contributed by atoms with Crippen molar-refractivity contribution in [3.8, 4) is 11.1 Å². The van der Waals surface area contributed by atoms with Gasteiger partial charge in [0.15, 0.2) is 0 Å². The lowest BCUT2D eigenvalue weighted by Gasteiger charge is -2.15. The summed E-state index contributed by atoms with van der Waals surface area (Å²) in [4.78, 5) is 23.6. The number of rotatable bonds is 4. The summed E-state index contributed by atoms with van der Waals surface area (Å²) in [5.41, 5.74) is 4.33. The van der Waals surface area contributed by atoms with Crippen LogP contribution in [0.4, 0.5) is 0 Å². The van der Waals surface area contributed by atoms with E-state index in [-0.39, 0.29) is 23.7 Å². The molecule has 4 heteroatoms. The van der Waals surface area contributed by atoms with E-state index in [4.69, 9.17) is 4.74 Å². The van der Waals surface area contributed by atoms with Crippen LogP contribution in [0.25, 0.3) is 11.1 Å². The van der Waals surface area contributed by atoms with Crippen LogP contribution in [0.1, 0.15) is 37.8 Å². The molecule has 3 aromatic carbocycles. The van der Waals surface area contributed by atoms with Crippen molar-refractivity contribution in [3.05, 3.63) is 95.1 Å². The minimum absolute atomic E-state index is 0.00654. The number of benzene rings is 3. The second-order valence-electron chi connectivity index (χ2n) is 6.16. The number of carboxylic acid groups (broad SMARTS) is 1. The maximum absolute atomic E-state index is 12.4. The van der Waals surface area contributed by atoms with E-state index in [2.05, 4.69) is 12.1 Å². The summed E-state index contributed by atoms with van der Waals surface area (Å²) >= 11 is 0. The smallest absolute Gasteiger partial charge is 0.338 e.